The molecule has 0 aromatic heterocycles. The number of rotatable bonds is 8. The molecule has 1 saturated heterocycles. The Hall–Kier alpha value is -1.40. The van der Waals surface area contributed by atoms with E-state index in [2.05, 4.69) is 0 Å². The number of carbonyl (C=O) groups is 2. The number of allylic oxidation sites excluding steroid dienone is 2. The first kappa shape index (κ1) is 19.9. The normalized spacial score (nSPS) is 23.5. The van der Waals surface area contributed by atoms with Crippen LogP contribution in [0.15, 0.2) is 12.2 Å². The maximum atomic E-state index is 13.1. The van der Waals surface area contributed by atoms with Gasteiger partial charge in [0.15, 0.2) is 0 Å². The Bertz CT molecular complexity index is 452. The molecule has 0 aromatic rings. The Labute approximate surface area is 150 Å². The number of aliphatic hydroxyl groups is 2. The number of aliphatic hydroxyl groups excluding tert-OH is 2. The number of hydrogen-bond acceptors (Lipinski definition) is 4. The fourth-order valence-corrected chi connectivity index (χ4v) is 3.80. The van der Waals surface area contributed by atoms with Crippen molar-refractivity contribution in [1.82, 2.24) is 9.80 Å². The molecular weight excluding hydrogens is 320 g/mol. The third kappa shape index (κ3) is 5.54. The molecule has 0 aromatic carbocycles. The maximum Gasteiger partial charge on any atom is 0.226 e. The lowest BCUT2D eigenvalue weighted by molar-refractivity contribution is -0.147. The Morgan fingerprint density at radius 3 is 2.04 bits per heavy atom. The topological polar surface area (TPSA) is 81.1 Å². The van der Waals surface area contributed by atoms with E-state index in [1.165, 1.54) is 6.42 Å². The highest BCUT2D eigenvalue weighted by molar-refractivity contribution is 5.88. The van der Waals surface area contributed by atoms with Crippen molar-refractivity contribution in [3.05, 3.63) is 12.2 Å². The van der Waals surface area contributed by atoms with Gasteiger partial charge in [0.05, 0.1) is 11.8 Å². The number of carbonyl (C=O) groups excluding carboxylic acids is 2. The fraction of sp³-hybridized carbons (Fsp3) is 0.789. The summed E-state index contributed by atoms with van der Waals surface area (Å²) in [6.07, 6.45) is 9.54. The third-order valence-corrected chi connectivity index (χ3v) is 5.22. The van der Waals surface area contributed by atoms with Gasteiger partial charge in [-0.05, 0) is 44.9 Å². The Balaban J connectivity index is 2.07. The minimum absolute atomic E-state index is 0.0124. The summed E-state index contributed by atoms with van der Waals surface area (Å²) >= 11 is 0. The molecule has 2 N–H and O–H groups in total. The van der Waals surface area contributed by atoms with Gasteiger partial charge in [0, 0.05) is 39.4 Å². The minimum atomic E-state index is -0.322. The van der Waals surface area contributed by atoms with E-state index in [1.807, 2.05) is 17.1 Å². The second kappa shape index (κ2) is 10.6. The van der Waals surface area contributed by atoms with Gasteiger partial charge in [-0.2, -0.15) is 0 Å². The Kier molecular flexibility index (Phi) is 8.41. The van der Waals surface area contributed by atoms with Crippen LogP contribution < -0.4 is 0 Å². The Morgan fingerprint density at radius 1 is 0.920 bits per heavy atom. The first-order chi connectivity index (χ1) is 12.2. The molecule has 2 rings (SSSR count). The van der Waals surface area contributed by atoms with Crippen molar-refractivity contribution in [1.29, 1.82) is 0 Å². The zero-order valence-electron chi connectivity index (χ0n) is 15.1. The molecule has 1 aliphatic heterocycles. The third-order valence-electron chi connectivity index (χ3n) is 5.22. The van der Waals surface area contributed by atoms with Crippen LogP contribution in [-0.4, -0.2) is 71.2 Å². The SMILES string of the molecule is O=C(C1CC=CCC1C(=O)N1CCCCC1)N(CCCO)CCCO. The molecular formula is C19H32N2O4. The van der Waals surface area contributed by atoms with E-state index in [0.29, 0.717) is 38.8 Å². The van der Waals surface area contributed by atoms with Gasteiger partial charge in [-0.25, -0.2) is 0 Å². The van der Waals surface area contributed by atoms with Gasteiger partial charge in [-0.15, -0.1) is 0 Å². The molecule has 25 heavy (non-hydrogen) atoms. The summed E-state index contributed by atoms with van der Waals surface area (Å²) < 4.78 is 0. The predicted octanol–water partition coefficient (Wildman–Crippen LogP) is 1.17. The van der Waals surface area contributed by atoms with E-state index >= 15 is 0 Å². The number of hydrogen-bond donors (Lipinski definition) is 2. The summed E-state index contributed by atoms with van der Waals surface area (Å²) in [6.45, 7) is 2.62. The van der Waals surface area contributed by atoms with Crippen molar-refractivity contribution < 1.29 is 19.8 Å². The molecule has 2 unspecified atom stereocenters. The molecule has 0 bridgehead atoms. The highest BCUT2D eigenvalue weighted by Gasteiger charge is 2.38. The van der Waals surface area contributed by atoms with Crippen molar-refractivity contribution in [2.75, 3.05) is 39.4 Å². The molecule has 2 aliphatic rings. The van der Waals surface area contributed by atoms with Crippen LogP contribution in [0, 0.1) is 11.8 Å². The molecule has 6 heteroatoms. The zero-order chi connectivity index (χ0) is 18.1. The molecule has 0 radical (unpaired) electrons. The molecule has 1 fully saturated rings. The number of likely N-dealkylation sites (tertiary alicyclic amines) is 1. The van der Waals surface area contributed by atoms with Crippen molar-refractivity contribution in [3.8, 4) is 0 Å². The van der Waals surface area contributed by atoms with Crippen LogP contribution in [0.25, 0.3) is 0 Å². The molecule has 2 amide bonds. The molecule has 2 atom stereocenters. The number of nitrogens with zero attached hydrogens (tertiary/aromatic N) is 2. The minimum Gasteiger partial charge on any atom is -0.396 e. The summed E-state index contributed by atoms with van der Waals surface area (Å²) in [5.74, 6) is -0.494. The average Bonchev–Trinajstić information content (AvgIpc) is 2.68. The van der Waals surface area contributed by atoms with Gasteiger partial charge < -0.3 is 20.0 Å². The summed E-state index contributed by atoms with van der Waals surface area (Å²) in [5.41, 5.74) is 0. The van der Waals surface area contributed by atoms with Crippen molar-refractivity contribution >= 4 is 11.8 Å². The van der Waals surface area contributed by atoms with Crippen molar-refractivity contribution in [2.24, 2.45) is 11.8 Å². The Morgan fingerprint density at radius 2 is 1.48 bits per heavy atom. The van der Waals surface area contributed by atoms with Crippen LogP contribution in [0.3, 0.4) is 0 Å². The summed E-state index contributed by atoms with van der Waals surface area (Å²) in [6, 6.07) is 0. The number of amides is 2. The molecule has 142 valence electrons. The smallest absolute Gasteiger partial charge is 0.226 e. The number of piperidine rings is 1. The fourth-order valence-electron chi connectivity index (χ4n) is 3.80. The van der Waals surface area contributed by atoms with Gasteiger partial charge in [0.1, 0.15) is 0 Å². The van der Waals surface area contributed by atoms with Crippen LogP contribution >= 0.6 is 0 Å². The molecule has 0 saturated carbocycles. The van der Waals surface area contributed by atoms with Gasteiger partial charge in [0.25, 0.3) is 0 Å². The first-order valence-corrected chi connectivity index (χ1v) is 9.63. The predicted molar refractivity (Wildman–Crippen MR) is 95.8 cm³/mol. The lowest BCUT2D eigenvalue weighted by Crippen LogP contribution is -2.47. The van der Waals surface area contributed by atoms with Gasteiger partial charge in [-0.3, -0.25) is 9.59 Å². The van der Waals surface area contributed by atoms with Crippen molar-refractivity contribution in [3.63, 3.8) is 0 Å². The highest BCUT2D eigenvalue weighted by Crippen LogP contribution is 2.30. The standard InChI is InChI=1S/C19H32N2O4/c22-14-6-12-21(13-7-15-23)19(25)17-9-3-2-8-16(17)18(24)20-10-4-1-5-11-20/h2-3,16-17,22-23H,1,4-15H2. The van der Waals surface area contributed by atoms with E-state index in [4.69, 9.17) is 10.2 Å². The quantitative estimate of drug-likeness (QED) is 0.643. The monoisotopic (exact) mass is 352 g/mol. The van der Waals surface area contributed by atoms with E-state index < -0.39 is 0 Å². The average molecular weight is 352 g/mol. The van der Waals surface area contributed by atoms with Crippen LogP contribution in [0.1, 0.15) is 44.9 Å². The summed E-state index contributed by atoms with van der Waals surface area (Å²) in [7, 11) is 0. The molecule has 6 nitrogen and oxygen atoms in total. The van der Waals surface area contributed by atoms with Crippen molar-refractivity contribution in [2.45, 2.75) is 44.9 Å². The highest BCUT2D eigenvalue weighted by atomic mass is 16.3. The zero-order valence-corrected chi connectivity index (χ0v) is 15.1. The molecule has 1 aliphatic carbocycles. The van der Waals surface area contributed by atoms with E-state index in [0.717, 1.165) is 25.9 Å². The second-order valence-electron chi connectivity index (χ2n) is 7.02. The lowest BCUT2D eigenvalue weighted by atomic mass is 9.80. The van der Waals surface area contributed by atoms with Crippen LogP contribution in [-0.2, 0) is 9.59 Å². The second-order valence-corrected chi connectivity index (χ2v) is 7.02. The lowest BCUT2D eigenvalue weighted by Gasteiger charge is -2.36. The molecule has 0 spiro atoms. The molecule has 1 heterocycles. The van der Waals surface area contributed by atoms with Crippen LogP contribution in [0.5, 0.6) is 0 Å². The van der Waals surface area contributed by atoms with Crippen LogP contribution in [0.4, 0.5) is 0 Å². The first-order valence-electron chi connectivity index (χ1n) is 9.63. The maximum absolute atomic E-state index is 13.1. The van der Waals surface area contributed by atoms with Gasteiger partial charge in [-0.1, -0.05) is 12.2 Å². The summed E-state index contributed by atoms with van der Waals surface area (Å²) in [4.78, 5) is 29.7. The van der Waals surface area contributed by atoms with Gasteiger partial charge >= 0.3 is 0 Å². The van der Waals surface area contributed by atoms with E-state index in [1.54, 1.807) is 4.90 Å². The van der Waals surface area contributed by atoms with E-state index in [9.17, 15) is 9.59 Å². The van der Waals surface area contributed by atoms with Crippen LogP contribution in [0.2, 0.25) is 0 Å². The largest absolute Gasteiger partial charge is 0.396 e. The van der Waals surface area contributed by atoms with E-state index in [-0.39, 0.29) is 36.9 Å². The van der Waals surface area contributed by atoms with Gasteiger partial charge in [0.2, 0.25) is 11.8 Å². The summed E-state index contributed by atoms with van der Waals surface area (Å²) in [5, 5.41) is 18.2.